The number of hydrogen-bond acceptors (Lipinski definition) is 6. The molecule has 0 amide bonds. The van der Waals surface area contributed by atoms with Gasteiger partial charge < -0.3 is 4.90 Å². The molecular weight excluding hydrogens is 508 g/mol. The predicted octanol–water partition coefficient (Wildman–Crippen LogP) is 6.94. The van der Waals surface area contributed by atoms with Gasteiger partial charge in [-0.05, 0) is 66.0 Å². The number of thioether (sulfide) groups is 1. The number of halogens is 2. The average molecular weight is 546 g/mol. The molecule has 1 aromatic heterocycles. The summed E-state index contributed by atoms with van der Waals surface area (Å²) in [6.07, 6.45) is 6.73. The molecule has 8 heteroatoms. The van der Waals surface area contributed by atoms with Gasteiger partial charge in [-0.2, -0.15) is 0 Å². The maximum Gasteiger partial charge on any atom is 0.182 e. The van der Waals surface area contributed by atoms with Gasteiger partial charge in [0.1, 0.15) is 5.82 Å². The summed E-state index contributed by atoms with van der Waals surface area (Å²) >= 11 is 3.28. The van der Waals surface area contributed by atoms with Crippen LogP contribution in [0.1, 0.15) is 67.7 Å². The Bertz CT molecular complexity index is 1190. The average Bonchev–Trinajstić information content (AvgIpc) is 3.34. The Kier molecular flexibility index (Phi) is 10.7. The third-order valence-electron chi connectivity index (χ3n) is 7.03. The molecule has 0 saturated carbocycles. The van der Waals surface area contributed by atoms with Gasteiger partial charge in [0.2, 0.25) is 0 Å². The quantitative estimate of drug-likeness (QED) is 0.323. The minimum atomic E-state index is -0.623. The van der Waals surface area contributed by atoms with Gasteiger partial charge in [-0.15, -0.1) is 23.1 Å². The van der Waals surface area contributed by atoms with E-state index in [0.717, 1.165) is 52.4 Å². The van der Waals surface area contributed by atoms with Crippen LogP contribution in [0.5, 0.6) is 0 Å². The van der Waals surface area contributed by atoms with Crippen LogP contribution < -0.4 is 11.7 Å². The van der Waals surface area contributed by atoms with Crippen LogP contribution in [0.3, 0.4) is 0 Å². The third kappa shape index (κ3) is 5.77. The Hall–Kier alpha value is -2.26. The zero-order chi connectivity index (χ0) is 27.1. The summed E-state index contributed by atoms with van der Waals surface area (Å²) in [7, 11) is 0. The minimum absolute atomic E-state index is 0.0306. The number of alkyl halides is 1. The van der Waals surface area contributed by atoms with Gasteiger partial charge in [0.15, 0.2) is 5.78 Å². The molecule has 2 unspecified atom stereocenters. The van der Waals surface area contributed by atoms with Crippen LogP contribution in [0, 0.1) is 12.7 Å². The summed E-state index contributed by atoms with van der Waals surface area (Å²) in [5.41, 5.74) is 5.22. The smallest absolute Gasteiger partial charge is 0.182 e. The van der Waals surface area contributed by atoms with Crippen LogP contribution in [0.2, 0.25) is 0 Å². The number of fused-ring (bicyclic) bond motifs is 3. The van der Waals surface area contributed by atoms with Crippen molar-refractivity contribution >= 4 is 28.9 Å². The fraction of sp³-hybridized carbons (Fsp3) is 0.414. The minimum Gasteiger partial charge on any atom is -0.365 e. The molecule has 1 aromatic carbocycles. The van der Waals surface area contributed by atoms with Crippen molar-refractivity contribution in [2.45, 2.75) is 68.4 Å². The maximum atomic E-state index is 15.4. The summed E-state index contributed by atoms with van der Waals surface area (Å²) in [4.78, 5) is 15.6. The van der Waals surface area contributed by atoms with Crippen LogP contribution in [0.15, 0.2) is 63.4 Å². The molecule has 0 bridgehead atoms. The number of ketones is 1. The van der Waals surface area contributed by atoms with Gasteiger partial charge in [-0.25, -0.2) is 4.39 Å². The van der Waals surface area contributed by atoms with E-state index < -0.39 is 6.67 Å². The zero-order valence-corrected chi connectivity index (χ0v) is 23.5. The number of allylic oxidation sites excluding steroid dienone is 3. The van der Waals surface area contributed by atoms with E-state index in [0.29, 0.717) is 22.5 Å². The van der Waals surface area contributed by atoms with Crippen LogP contribution in [0.25, 0.3) is 0 Å². The number of rotatable bonds is 3. The van der Waals surface area contributed by atoms with Crippen molar-refractivity contribution < 1.29 is 13.6 Å². The second kappa shape index (κ2) is 13.5. The number of nitrogens with zero attached hydrogens (tertiary/aromatic N) is 1. The van der Waals surface area contributed by atoms with Crippen molar-refractivity contribution in [1.82, 2.24) is 4.90 Å². The van der Waals surface area contributed by atoms with Gasteiger partial charge in [-0.1, -0.05) is 38.6 Å². The van der Waals surface area contributed by atoms with Crippen LogP contribution >= 0.6 is 23.1 Å². The normalized spacial score (nSPS) is 23.6. The number of aryl methyl sites for hydroxylation is 1. The first kappa shape index (κ1) is 29.3. The van der Waals surface area contributed by atoms with Gasteiger partial charge in [0.25, 0.3) is 0 Å². The molecule has 0 radical (unpaired) electrons. The molecule has 2 atom stereocenters. The Labute approximate surface area is 227 Å². The molecule has 1 fully saturated rings. The largest absolute Gasteiger partial charge is 0.365 e. The van der Waals surface area contributed by atoms with Crippen molar-refractivity contribution in [3.05, 3.63) is 87.2 Å². The number of benzene rings is 1. The standard InChI is InChI=1S/C27H27F2NOS2.C2H6.H4N2/c1-16-6-8-19-22(26(16)29)15-33-27-21(11-14-32-27)25(19)24-17(2)30-13-4-3-5-18(30)7-9-23(31)20(24)10-12-28;2*1-2/h6-9,11,14,18,25H,2-5,10,12-13,15H2,1H3;1-2H3;1-2H2/b9-7-,24-20-;;. The molecule has 2 aromatic rings. The van der Waals surface area contributed by atoms with E-state index in [1.807, 2.05) is 37.4 Å². The molecule has 3 aliphatic heterocycles. The molecule has 4 N–H and O–H groups in total. The van der Waals surface area contributed by atoms with Gasteiger partial charge in [0.05, 0.1) is 10.9 Å². The Morgan fingerprint density at radius 1 is 1.16 bits per heavy atom. The lowest BCUT2D eigenvalue weighted by atomic mass is 9.77. The second-order valence-electron chi connectivity index (χ2n) is 8.91. The third-order valence-corrected chi connectivity index (χ3v) is 9.33. The van der Waals surface area contributed by atoms with Crippen molar-refractivity contribution in [1.29, 1.82) is 0 Å². The van der Waals surface area contributed by atoms with Crippen molar-refractivity contribution in [3.8, 4) is 0 Å². The van der Waals surface area contributed by atoms with E-state index in [1.54, 1.807) is 36.1 Å². The summed E-state index contributed by atoms with van der Waals surface area (Å²) < 4.78 is 30.3. The lowest BCUT2D eigenvalue weighted by Crippen LogP contribution is -2.40. The van der Waals surface area contributed by atoms with E-state index in [1.165, 1.54) is 0 Å². The summed E-state index contributed by atoms with van der Waals surface area (Å²) in [6.45, 7) is 10.5. The van der Waals surface area contributed by atoms with Gasteiger partial charge in [-0.3, -0.25) is 20.9 Å². The zero-order valence-electron chi connectivity index (χ0n) is 21.9. The van der Waals surface area contributed by atoms with Gasteiger partial charge >= 0.3 is 0 Å². The van der Waals surface area contributed by atoms with Crippen LogP contribution in [-0.4, -0.2) is 29.9 Å². The first-order valence-corrected chi connectivity index (χ1v) is 14.7. The Morgan fingerprint density at radius 2 is 1.92 bits per heavy atom. The highest BCUT2D eigenvalue weighted by atomic mass is 32.2. The predicted molar refractivity (Wildman–Crippen MR) is 152 cm³/mol. The molecule has 37 heavy (non-hydrogen) atoms. The molecule has 3 aliphatic rings. The Balaban J connectivity index is 0.000000907. The highest BCUT2D eigenvalue weighted by Gasteiger charge is 2.37. The fourth-order valence-electron chi connectivity index (χ4n) is 5.37. The van der Waals surface area contributed by atoms with E-state index in [4.69, 9.17) is 0 Å². The molecule has 4 heterocycles. The number of carbonyl (C=O) groups excluding carboxylic acids is 1. The van der Waals surface area contributed by atoms with Crippen LogP contribution in [0.4, 0.5) is 8.78 Å². The molecule has 5 rings (SSSR count). The highest BCUT2D eigenvalue weighted by molar-refractivity contribution is 8.00. The summed E-state index contributed by atoms with van der Waals surface area (Å²) in [6, 6.07) is 5.99. The van der Waals surface area contributed by atoms with E-state index in [2.05, 4.69) is 29.2 Å². The van der Waals surface area contributed by atoms with Crippen molar-refractivity contribution in [2.75, 3.05) is 13.2 Å². The second-order valence-corrected chi connectivity index (χ2v) is 11.1. The fourth-order valence-corrected chi connectivity index (χ4v) is 7.57. The maximum absolute atomic E-state index is 15.4. The van der Waals surface area contributed by atoms with Crippen molar-refractivity contribution in [3.63, 3.8) is 0 Å². The topological polar surface area (TPSA) is 72.3 Å². The monoisotopic (exact) mass is 545 g/mol. The first-order chi connectivity index (χ1) is 18.0. The molecule has 0 spiro atoms. The van der Waals surface area contributed by atoms with E-state index >= 15 is 4.39 Å². The highest BCUT2D eigenvalue weighted by Crippen LogP contribution is 2.50. The first-order valence-electron chi connectivity index (χ1n) is 12.8. The van der Waals surface area contributed by atoms with Crippen molar-refractivity contribution in [2.24, 2.45) is 11.7 Å². The Morgan fingerprint density at radius 3 is 2.65 bits per heavy atom. The lowest BCUT2D eigenvalue weighted by Gasteiger charge is -2.41. The lowest BCUT2D eigenvalue weighted by molar-refractivity contribution is -0.111. The van der Waals surface area contributed by atoms with E-state index in [9.17, 15) is 9.18 Å². The van der Waals surface area contributed by atoms with Gasteiger partial charge in [0, 0.05) is 47.5 Å². The number of nitrogens with two attached hydrogens (primary N) is 2. The summed E-state index contributed by atoms with van der Waals surface area (Å²) in [5.74, 6) is 7.84. The number of hydrogen-bond donors (Lipinski definition) is 2. The number of carbonyl (C=O) groups is 1. The summed E-state index contributed by atoms with van der Waals surface area (Å²) in [5, 5.41) is 2.05. The molecule has 4 nitrogen and oxygen atoms in total. The molecule has 200 valence electrons. The molecule has 1 saturated heterocycles. The number of piperidine rings is 1. The number of thiophene rings is 1. The number of hydrazine groups is 1. The SMILES string of the molecule is C=C1/C(C2c3ccsc3SCc3c2ccc(C)c3F)=C(\CCF)C(=O)/C=C\C2CCCCN12.CC.NN. The van der Waals surface area contributed by atoms with Crippen LogP contribution in [-0.2, 0) is 10.5 Å². The van der Waals surface area contributed by atoms with E-state index in [-0.39, 0.29) is 30.0 Å². The molecular formula is C29H37F2N3OS2. The molecule has 0 aliphatic carbocycles.